The standard InChI is InChI=1S/C12H14N2S/c13-9-4-5-10-11(7-9)15-12(14-10)6-8-2-1-3-8/h4-5,7-8H,1-3,6,13H2. The number of rotatable bonds is 2. The van der Waals surface area contributed by atoms with E-state index in [1.54, 1.807) is 11.3 Å². The third kappa shape index (κ3) is 1.72. The summed E-state index contributed by atoms with van der Waals surface area (Å²) in [6.07, 6.45) is 5.35. The molecule has 0 atom stereocenters. The summed E-state index contributed by atoms with van der Waals surface area (Å²) in [4.78, 5) is 4.64. The van der Waals surface area contributed by atoms with Crippen LogP contribution in [0.25, 0.3) is 10.2 Å². The van der Waals surface area contributed by atoms with Crippen molar-refractivity contribution in [2.75, 3.05) is 5.73 Å². The number of thiazole rings is 1. The minimum Gasteiger partial charge on any atom is -0.399 e. The average Bonchev–Trinajstić information content (AvgIpc) is 2.53. The Bertz CT molecular complexity index is 485. The highest BCUT2D eigenvalue weighted by Crippen LogP contribution is 2.32. The number of fused-ring (bicyclic) bond motifs is 1. The first-order valence-corrected chi connectivity index (χ1v) is 6.28. The third-order valence-electron chi connectivity index (χ3n) is 3.14. The summed E-state index contributed by atoms with van der Waals surface area (Å²) in [5.74, 6) is 0.892. The highest BCUT2D eigenvalue weighted by molar-refractivity contribution is 7.18. The average molecular weight is 218 g/mol. The van der Waals surface area contributed by atoms with Crippen LogP contribution in [0.2, 0.25) is 0 Å². The van der Waals surface area contributed by atoms with E-state index in [2.05, 4.69) is 4.98 Å². The van der Waals surface area contributed by atoms with Crippen molar-refractivity contribution in [1.82, 2.24) is 4.98 Å². The van der Waals surface area contributed by atoms with E-state index in [4.69, 9.17) is 5.73 Å². The molecule has 1 saturated carbocycles. The molecule has 2 N–H and O–H groups in total. The molecule has 1 aromatic heterocycles. The van der Waals surface area contributed by atoms with Gasteiger partial charge < -0.3 is 5.73 Å². The fraction of sp³-hybridized carbons (Fsp3) is 0.417. The summed E-state index contributed by atoms with van der Waals surface area (Å²) < 4.78 is 1.23. The van der Waals surface area contributed by atoms with Gasteiger partial charge in [0, 0.05) is 12.1 Å². The largest absolute Gasteiger partial charge is 0.399 e. The van der Waals surface area contributed by atoms with E-state index < -0.39 is 0 Å². The molecule has 3 heteroatoms. The quantitative estimate of drug-likeness (QED) is 0.786. The molecule has 15 heavy (non-hydrogen) atoms. The molecule has 0 bridgehead atoms. The van der Waals surface area contributed by atoms with Crippen LogP contribution in [0.3, 0.4) is 0 Å². The third-order valence-corrected chi connectivity index (χ3v) is 4.19. The molecule has 3 rings (SSSR count). The lowest BCUT2D eigenvalue weighted by atomic mass is 9.83. The van der Waals surface area contributed by atoms with Gasteiger partial charge in [0.05, 0.1) is 15.2 Å². The molecule has 0 amide bonds. The lowest BCUT2D eigenvalue weighted by Crippen LogP contribution is -2.13. The van der Waals surface area contributed by atoms with Crippen molar-refractivity contribution in [1.29, 1.82) is 0 Å². The van der Waals surface area contributed by atoms with Gasteiger partial charge in [0.15, 0.2) is 0 Å². The van der Waals surface area contributed by atoms with Crippen molar-refractivity contribution in [3.8, 4) is 0 Å². The van der Waals surface area contributed by atoms with E-state index >= 15 is 0 Å². The van der Waals surface area contributed by atoms with Crippen molar-refractivity contribution >= 4 is 27.2 Å². The maximum Gasteiger partial charge on any atom is 0.0941 e. The van der Waals surface area contributed by atoms with Crippen LogP contribution in [0, 0.1) is 5.92 Å². The molecule has 1 aliphatic rings. The first-order chi connectivity index (χ1) is 7.31. The number of anilines is 1. The number of nitrogens with zero attached hydrogens (tertiary/aromatic N) is 1. The first kappa shape index (κ1) is 9.16. The van der Waals surface area contributed by atoms with E-state index in [0.29, 0.717) is 0 Å². The van der Waals surface area contributed by atoms with Gasteiger partial charge in [0.1, 0.15) is 0 Å². The topological polar surface area (TPSA) is 38.9 Å². The Labute approximate surface area is 93.1 Å². The van der Waals surface area contributed by atoms with E-state index in [0.717, 1.165) is 17.1 Å². The molecule has 0 aliphatic heterocycles. The summed E-state index contributed by atoms with van der Waals surface area (Å²) in [6.45, 7) is 0. The van der Waals surface area contributed by atoms with Gasteiger partial charge >= 0.3 is 0 Å². The molecule has 0 spiro atoms. The van der Waals surface area contributed by atoms with E-state index in [9.17, 15) is 0 Å². The molecule has 78 valence electrons. The molecular formula is C12H14N2S. The molecule has 0 radical (unpaired) electrons. The van der Waals surface area contributed by atoms with Crippen LogP contribution in [0.15, 0.2) is 18.2 Å². The second kappa shape index (κ2) is 3.49. The maximum atomic E-state index is 5.75. The minimum absolute atomic E-state index is 0.835. The van der Waals surface area contributed by atoms with Crippen molar-refractivity contribution in [3.63, 3.8) is 0 Å². The SMILES string of the molecule is Nc1ccc2nc(CC3CCC3)sc2c1. The highest BCUT2D eigenvalue weighted by atomic mass is 32.1. The molecule has 1 heterocycles. The number of benzene rings is 1. The fourth-order valence-corrected chi connectivity index (χ4v) is 3.15. The number of nitrogen functional groups attached to an aromatic ring is 1. The van der Waals surface area contributed by atoms with Crippen molar-refractivity contribution in [2.24, 2.45) is 5.92 Å². The molecule has 2 aromatic rings. The van der Waals surface area contributed by atoms with Gasteiger partial charge in [0.2, 0.25) is 0 Å². The zero-order chi connectivity index (χ0) is 10.3. The van der Waals surface area contributed by atoms with E-state index in [1.165, 1.54) is 35.4 Å². The van der Waals surface area contributed by atoms with Crippen molar-refractivity contribution in [2.45, 2.75) is 25.7 Å². The van der Waals surface area contributed by atoms with E-state index in [-0.39, 0.29) is 0 Å². The Morgan fingerprint density at radius 1 is 1.40 bits per heavy atom. The molecule has 2 nitrogen and oxygen atoms in total. The van der Waals surface area contributed by atoms with Gasteiger partial charge in [-0.3, -0.25) is 0 Å². The second-order valence-electron chi connectivity index (χ2n) is 4.34. The van der Waals surface area contributed by atoms with Crippen molar-refractivity contribution < 1.29 is 0 Å². The fourth-order valence-electron chi connectivity index (χ4n) is 2.02. The van der Waals surface area contributed by atoms with Crippen LogP contribution in [-0.4, -0.2) is 4.98 Å². The zero-order valence-corrected chi connectivity index (χ0v) is 9.39. The number of hydrogen-bond donors (Lipinski definition) is 1. The summed E-state index contributed by atoms with van der Waals surface area (Å²) >= 11 is 1.80. The first-order valence-electron chi connectivity index (χ1n) is 5.46. The Balaban J connectivity index is 1.91. The highest BCUT2D eigenvalue weighted by Gasteiger charge is 2.19. The lowest BCUT2D eigenvalue weighted by Gasteiger charge is -2.23. The zero-order valence-electron chi connectivity index (χ0n) is 8.57. The molecule has 0 unspecified atom stereocenters. The predicted molar refractivity (Wildman–Crippen MR) is 65.1 cm³/mol. The van der Waals surface area contributed by atoms with Crippen LogP contribution < -0.4 is 5.73 Å². The van der Waals surface area contributed by atoms with Crippen LogP contribution in [-0.2, 0) is 6.42 Å². The summed E-state index contributed by atoms with van der Waals surface area (Å²) in [5.41, 5.74) is 7.69. The number of aromatic nitrogens is 1. The summed E-state index contributed by atoms with van der Waals surface area (Å²) in [6, 6.07) is 5.97. The van der Waals surface area contributed by atoms with Gasteiger partial charge in [-0.05, 0) is 24.1 Å². The lowest BCUT2D eigenvalue weighted by molar-refractivity contribution is 0.314. The van der Waals surface area contributed by atoms with Gasteiger partial charge in [-0.25, -0.2) is 4.98 Å². The predicted octanol–water partition coefficient (Wildman–Crippen LogP) is 3.22. The monoisotopic (exact) mass is 218 g/mol. The van der Waals surface area contributed by atoms with E-state index in [1.807, 2.05) is 18.2 Å². The normalized spacial score (nSPS) is 16.8. The molecule has 0 saturated heterocycles. The van der Waals surface area contributed by atoms with Crippen LogP contribution >= 0.6 is 11.3 Å². The van der Waals surface area contributed by atoms with Gasteiger partial charge in [-0.1, -0.05) is 19.3 Å². The number of nitrogens with two attached hydrogens (primary N) is 1. The number of hydrogen-bond acceptors (Lipinski definition) is 3. The summed E-state index contributed by atoms with van der Waals surface area (Å²) in [7, 11) is 0. The Hall–Kier alpha value is -1.09. The second-order valence-corrected chi connectivity index (χ2v) is 5.45. The van der Waals surface area contributed by atoms with Crippen LogP contribution in [0.5, 0.6) is 0 Å². The Morgan fingerprint density at radius 2 is 2.27 bits per heavy atom. The van der Waals surface area contributed by atoms with Gasteiger partial charge in [-0.15, -0.1) is 11.3 Å². The van der Waals surface area contributed by atoms with Crippen LogP contribution in [0.4, 0.5) is 5.69 Å². The van der Waals surface area contributed by atoms with Gasteiger partial charge in [0.25, 0.3) is 0 Å². The molecule has 1 aromatic carbocycles. The molecule has 1 aliphatic carbocycles. The minimum atomic E-state index is 0.835. The smallest absolute Gasteiger partial charge is 0.0941 e. The summed E-state index contributed by atoms with van der Waals surface area (Å²) in [5, 5.41) is 1.28. The van der Waals surface area contributed by atoms with Crippen molar-refractivity contribution in [3.05, 3.63) is 23.2 Å². The molecular weight excluding hydrogens is 204 g/mol. The van der Waals surface area contributed by atoms with Gasteiger partial charge in [-0.2, -0.15) is 0 Å². The molecule has 1 fully saturated rings. The Morgan fingerprint density at radius 3 is 3.00 bits per heavy atom. The maximum absolute atomic E-state index is 5.75. The Kier molecular flexibility index (Phi) is 2.13. The van der Waals surface area contributed by atoms with Crippen LogP contribution in [0.1, 0.15) is 24.3 Å².